The first-order chi connectivity index (χ1) is 15.3. The van der Waals surface area contributed by atoms with E-state index < -0.39 is 0 Å². The molecule has 2 heterocycles. The molecule has 5 nitrogen and oxygen atoms in total. The first kappa shape index (κ1) is 22.2. The third kappa shape index (κ3) is 4.61. The number of hydrogen-bond acceptors (Lipinski definition) is 5. The Bertz CT molecular complexity index is 1350. The Morgan fingerprint density at radius 2 is 1.88 bits per heavy atom. The van der Waals surface area contributed by atoms with Gasteiger partial charge in [0.05, 0.1) is 17.8 Å². The minimum Gasteiger partial charge on any atom is -0.325 e. The van der Waals surface area contributed by atoms with Crippen LogP contribution < -0.4 is 10.9 Å². The van der Waals surface area contributed by atoms with Crippen LogP contribution in [0.2, 0.25) is 0 Å². The lowest BCUT2D eigenvalue weighted by atomic mass is 10.1. The van der Waals surface area contributed by atoms with Gasteiger partial charge in [0.1, 0.15) is 10.5 Å². The lowest BCUT2D eigenvalue weighted by molar-refractivity contribution is -0.113. The van der Waals surface area contributed by atoms with Crippen molar-refractivity contribution in [3.05, 3.63) is 86.3 Å². The maximum Gasteiger partial charge on any atom is 0.272 e. The molecule has 8 heteroatoms. The van der Waals surface area contributed by atoms with E-state index in [0.717, 1.165) is 22.4 Å². The Hall–Kier alpha value is -2.97. The van der Waals surface area contributed by atoms with Crippen LogP contribution in [0.4, 0.5) is 10.1 Å². The Kier molecular flexibility index (Phi) is 6.43. The fourth-order valence-corrected chi connectivity index (χ4v) is 5.23. The van der Waals surface area contributed by atoms with Gasteiger partial charge in [-0.25, -0.2) is 9.37 Å². The van der Waals surface area contributed by atoms with Crippen LogP contribution in [0.25, 0.3) is 10.2 Å². The molecular weight excluding hydrogens is 445 g/mol. The number of amides is 1. The second kappa shape index (κ2) is 9.26. The molecule has 2 aromatic carbocycles. The van der Waals surface area contributed by atoms with Crippen molar-refractivity contribution in [3.63, 3.8) is 0 Å². The Morgan fingerprint density at radius 1 is 1.16 bits per heavy atom. The van der Waals surface area contributed by atoms with Gasteiger partial charge in [-0.2, -0.15) is 0 Å². The summed E-state index contributed by atoms with van der Waals surface area (Å²) >= 11 is 2.47. The van der Waals surface area contributed by atoms with Gasteiger partial charge in [-0.15, -0.1) is 11.3 Å². The van der Waals surface area contributed by atoms with E-state index in [0.29, 0.717) is 20.9 Å². The van der Waals surface area contributed by atoms with Crippen LogP contribution in [0.5, 0.6) is 0 Å². The highest BCUT2D eigenvalue weighted by Gasteiger charge is 2.16. The number of rotatable bonds is 6. The molecule has 0 bridgehead atoms. The number of carbonyl (C=O) groups is 1. The zero-order valence-electron chi connectivity index (χ0n) is 17.9. The molecular formula is C24H22FN3O2S2. The predicted octanol–water partition coefficient (Wildman–Crippen LogP) is 5.30. The predicted molar refractivity (Wildman–Crippen MR) is 129 cm³/mol. The fraction of sp³-hybridized carbons (Fsp3) is 0.208. The van der Waals surface area contributed by atoms with E-state index in [-0.39, 0.29) is 29.6 Å². The second-order valence-electron chi connectivity index (χ2n) is 7.62. The number of hydrogen-bond donors (Lipinski definition) is 1. The summed E-state index contributed by atoms with van der Waals surface area (Å²) in [7, 11) is 0. The van der Waals surface area contributed by atoms with Gasteiger partial charge < -0.3 is 5.32 Å². The molecule has 0 atom stereocenters. The van der Waals surface area contributed by atoms with E-state index >= 15 is 0 Å². The molecule has 0 saturated heterocycles. The smallest absolute Gasteiger partial charge is 0.272 e. The molecule has 1 amide bonds. The third-order valence-electron chi connectivity index (χ3n) is 5.09. The number of carbonyl (C=O) groups excluding carboxylic acids is 1. The first-order valence-corrected chi connectivity index (χ1v) is 11.9. The van der Waals surface area contributed by atoms with Gasteiger partial charge in [0, 0.05) is 11.3 Å². The fourth-order valence-electron chi connectivity index (χ4n) is 3.65. The number of benzene rings is 2. The molecule has 2 aromatic heterocycles. The van der Waals surface area contributed by atoms with E-state index in [1.54, 1.807) is 29.6 Å². The molecule has 0 radical (unpaired) electrons. The molecule has 4 aromatic rings. The molecule has 1 N–H and O–H groups in total. The third-order valence-corrected chi connectivity index (χ3v) is 6.96. The highest BCUT2D eigenvalue weighted by molar-refractivity contribution is 7.99. The van der Waals surface area contributed by atoms with Crippen molar-refractivity contribution in [1.29, 1.82) is 0 Å². The van der Waals surface area contributed by atoms with E-state index in [2.05, 4.69) is 10.3 Å². The van der Waals surface area contributed by atoms with Gasteiger partial charge in [0.25, 0.3) is 5.56 Å². The van der Waals surface area contributed by atoms with Gasteiger partial charge in [0.15, 0.2) is 5.16 Å². The zero-order valence-corrected chi connectivity index (χ0v) is 19.6. The van der Waals surface area contributed by atoms with E-state index in [4.69, 9.17) is 0 Å². The molecule has 0 spiro atoms. The van der Waals surface area contributed by atoms with Gasteiger partial charge >= 0.3 is 0 Å². The summed E-state index contributed by atoms with van der Waals surface area (Å²) in [6, 6.07) is 12.2. The summed E-state index contributed by atoms with van der Waals surface area (Å²) in [4.78, 5) is 30.4. The molecule has 32 heavy (non-hydrogen) atoms. The van der Waals surface area contributed by atoms with E-state index in [1.165, 1.54) is 33.7 Å². The number of anilines is 1. The average molecular weight is 468 g/mol. The van der Waals surface area contributed by atoms with Gasteiger partial charge in [0.2, 0.25) is 5.91 Å². The summed E-state index contributed by atoms with van der Waals surface area (Å²) in [6.07, 6.45) is 0. The van der Waals surface area contributed by atoms with Crippen LogP contribution in [-0.2, 0) is 11.3 Å². The van der Waals surface area contributed by atoms with Crippen molar-refractivity contribution >= 4 is 44.9 Å². The van der Waals surface area contributed by atoms with Crippen LogP contribution in [0, 0.1) is 26.6 Å². The minimum atomic E-state index is -0.385. The first-order valence-electron chi connectivity index (χ1n) is 10.1. The summed E-state index contributed by atoms with van der Waals surface area (Å²) in [5, 5.41) is 5.16. The summed E-state index contributed by atoms with van der Waals surface area (Å²) < 4.78 is 16.2. The zero-order chi connectivity index (χ0) is 22.8. The number of nitrogens with one attached hydrogen (secondary N) is 1. The normalized spacial score (nSPS) is 11.1. The second-order valence-corrected chi connectivity index (χ2v) is 9.48. The molecule has 0 aliphatic heterocycles. The van der Waals surface area contributed by atoms with Gasteiger partial charge in [-0.05, 0) is 49.4 Å². The molecule has 0 aliphatic rings. The van der Waals surface area contributed by atoms with Crippen LogP contribution in [0.1, 0.15) is 22.3 Å². The lowest BCUT2D eigenvalue weighted by Gasteiger charge is -2.14. The number of halogens is 1. The summed E-state index contributed by atoms with van der Waals surface area (Å²) in [5.74, 6) is -0.501. The SMILES string of the molecule is Cc1cc(C)c(NC(=O)CSc2nc3ccsc3c(=O)n2Cc2ccccc2F)c(C)c1. The molecule has 0 unspecified atom stereocenters. The number of thiophene rings is 1. The average Bonchev–Trinajstić information content (AvgIpc) is 3.21. The highest BCUT2D eigenvalue weighted by Crippen LogP contribution is 2.25. The monoisotopic (exact) mass is 467 g/mol. The minimum absolute atomic E-state index is 0.0481. The van der Waals surface area contributed by atoms with Crippen molar-refractivity contribution in [2.45, 2.75) is 32.5 Å². The summed E-state index contributed by atoms with van der Waals surface area (Å²) in [6.45, 7) is 5.98. The van der Waals surface area contributed by atoms with Crippen molar-refractivity contribution in [2.75, 3.05) is 11.1 Å². The van der Waals surface area contributed by atoms with Crippen LogP contribution in [0.15, 0.2) is 57.8 Å². The quantitative estimate of drug-likeness (QED) is 0.309. The Morgan fingerprint density at radius 3 is 2.59 bits per heavy atom. The molecule has 4 rings (SSSR count). The summed E-state index contributed by atoms with van der Waals surface area (Å²) in [5.41, 5.74) is 4.66. The number of aryl methyl sites for hydroxylation is 3. The number of nitrogens with zero attached hydrogens (tertiary/aromatic N) is 2. The Balaban J connectivity index is 1.60. The van der Waals surface area contributed by atoms with Gasteiger partial charge in [-0.1, -0.05) is 47.7 Å². The maximum absolute atomic E-state index is 14.2. The number of thioether (sulfide) groups is 1. The largest absolute Gasteiger partial charge is 0.325 e. The van der Waals surface area contributed by atoms with Crippen LogP contribution in [-0.4, -0.2) is 21.2 Å². The van der Waals surface area contributed by atoms with Crippen molar-refractivity contribution < 1.29 is 9.18 Å². The van der Waals surface area contributed by atoms with E-state index in [1.807, 2.05) is 32.9 Å². The van der Waals surface area contributed by atoms with Crippen molar-refractivity contribution in [1.82, 2.24) is 9.55 Å². The highest BCUT2D eigenvalue weighted by atomic mass is 32.2. The standard InChI is InChI=1S/C24H22FN3O2S2/c1-14-10-15(2)21(16(3)11-14)27-20(29)13-32-24-26-19-8-9-31-22(19)23(30)28(24)12-17-6-4-5-7-18(17)25/h4-11H,12-13H2,1-3H3,(H,27,29). The molecule has 0 aliphatic carbocycles. The van der Waals surface area contributed by atoms with Crippen LogP contribution in [0.3, 0.4) is 0 Å². The van der Waals surface area contributed by atoms with Gasteiger partial charge in [-0.3, -0.25) is 14.2 Å². The maximum atomic E-state index is 14.2. The lowest BCUT2D eigenvalue weighted by Crippen LogP contribution is -2.24. The molecule has 0 fully saturated rings. The molecule has 0 saturated carbocycles. The van der Waals surface area contributed by atoms with Crippen molar-refractivity contribution in [3.8, 4) is 0 Å². The van der Waals surface area contributed by atoms with Crippen molar-refractivity contribution in [2.24, 2.45) is 0 Å². The number of aromatic nitrogens is 2. The van der Waals surface area contributed by atoms with Crippen LogP contribution >= 0.6 is 23.1 Å². The molecule has 164 valence electrons. The Labute approximate surface area is 193 Å². The topological polar surface area (TPSA) is 64.0 Å². The van der Waals surface area contributed by atoms with E-state index in [9.17, 15) is 14.0 Å². The number of fused-ring (bicyclic) bond motifs is 1.